The molecule has 0 saturated carbocycles. The molecule has 1 amide bonds. The van der Waals surface area contributed by atoms with Gasteiger partial charge in [-0.05, 0) is 37.0 Å². The second-order valence-electron chi connectivity index (χ2n) is 9.40. The van der Waals surface area contributed by atoms with E-state index in [1.54, 1.807) is 6.07 Å². The molecule has 2 aliphatic rings. The van der Waals surface area contributed by atoms with Gasteiger partial charge in [0.05, 0.1) is 19.1 Å². The Morgan fingerprint density at radius 2 is 1.81 bits per heavy atom. The summed E-state index contributed by atoms with van der Waals surface area (Å²) in [6.45, 7) is 5.40. The number of amides is 1. The Morgan fingerprint density at radius 3 is 2.49 bits per heavy atom. The molecule has 3 N–H and O–H groups in total. The minimum Gasteiger partial charge on any atom is -0.494 e. The summed E-state index contributed by atoms with van der Waals surface area (Å²) < 4.78 is 12.2. The van der Waals surface area contributed by atoms with E-state index in [0.29, 0.717) is 37.6 Å². The van der Waals surface area contributed by atoms with E-state index in [9.17, 15) is 24.9 Å². The van der Waals surface area contributed by atoms with Gasteiger partial charge < -0.3 is 24.8 Å². The predicted molar refractivity (Wildman–Crippen MR) is 132 cm³/mol. The van der Waals surface area contributed by atoms with Crippen molar-refractivity contribution in [2.75, 3.05) is 33.0 Å². The van der Waals surface area contributed by atoms with Crippen LogP contribution in [0.5, 0.6) is 23.3 Å². The maximum atomic E-state index is 13.2. The van der Waals surface area contributed by atoms with Gasteiger partial charge in [-0.25, -0.2) is 5.06 Å². The number of carboxylic acid groups (broad SMARTS) is 1. The topological polar surface area (TPSA) is 134 Å². The molecule has 1 saturated heterocycles. The van der Waals surface area contributed by atoms with Crippen LogP contribution in [0, 0.1) is 5.92 Å². The number of aliphatic carboxylic acids is 1. The zero-order chi connectivity index (χ0) is 26.5. The summed E-state index contributed by atoms with van der Waals surface area (Å²) >= 11 is 0. The molecule has 11 nitrogen and oxygen atoms in total. The fraction of sp³-hybridized carbons (Fsp3) is 0.538. The molecule has 37 heavy (non-hydrogen) atoms. The van der Waals surface area contributed by atoms with Crippen LogP contribution >= 0.6 is 0 Å². The van der Waals surface area contributed by atoms with Crippen molar-refractivity contribution in [1.29, 1.82) is 0 Å². The number of fused-ring (bicyclic) bond motifs is 1. The third-order valence-electron chi connectivity index (χ3n) is 6.94. The van der Waals surface area contributed by atoms with Crippen LogP contribution < -0.4 is 9.47 Å². The zero-order valence-corrected chi connectivity index (χ0v) is 21.2. The highest BCUT2D eigenvalue weighted by atomic mass is 16.7. The summed E-state index contributed by atoms with van der Waals surface area (Å²) in [6, 6.07) is 7.65. The summed E-state index contributed by atoms with van der Waals surface area (Å²) in [4.78, 5) is 33.4. The summed E-state index contributed by atoms with van der Waals surface area (Å²) in [6.07, 6.45) is 1.78. The number of ether oxygens (including phenoxy) is 2. The number of hydrogen-bond acceptors (Lipinski definition) is 8. The van der Waals surface area contributed by atoms with Gasteiger partial charge in [0.25, 0.3) is 5.91 Å². The molecule has 4 rings (SSSR count). The van der Waals surface area contributed by atoms with Gasteiger partial charge in [0.15, 0.2) is 23.3 Å². The van der Waals surface area contributed by atoms with Gasteiger partial charge >= 0.3 is 5.97 Å². The lowest BCUT2D eigenvalue weighted by Crippen LogP contribution is -2.44. The third-order valence-corrected chi connectivity index (χ3v) is 6.94. The molecule has 0 unspecified atom stereocenters. The van der Waals surface area contributed by atoms with Gasteiger partial charge in [-0.1, -0.05) is 19.9 Å². The molecule has 1 aromatic heterocycles. The van der Waals surface area contributed by atoms with Gasteiger partial charge in [0, 0.05) is 43.7 Å². The Morgan fingerprint density at radius 1 is 1.08 bits per heavy atom. The highest BCUT2D eigenvalue weighted by Gasteiger charge is 2.47. The van der Waals surface area contributed by atoms with E-state index in [4.69, 9.17) is 14.3 Å². The molecule has 3 atom stereocenters. The number of likely N-dealkylation sites (tertiary alicyclic amines) is 1. The maximum Gasteiger partial charge on any atom is 0.308 e. The first-order valence-electron chi connectivity index (χ1n) is 12.7. The number of aromatic nitrogens is 1. The normalized spacial score (nSPS) is 20.9. The lowest BCUT2D eigenvalue weighted by Gasteiger charge is -2.29. The fourth-order valence-corrected chi connectivity index (χ4v) is 5.19. The number of nitrogens with zero attached hydrogens (tertiary/aromatic N) is 3. The smallest absolute Gasteiger partial charge is 0.308 e. The lowest BCUT2D eigenvalue weighted by molar-refractivity contribution is -0.188. The van der Waals surface area contributed by atoms with Crippen molar-refractivity contribution in [1.82, 2.24) is 14.5 Å². The van der Waals surface area contributed by atoms with Crippen molar-refractivity contribution < 1.29 is 39.2 Å². The van der Waals surface area contributed by atoms with E-state index in [2.05, 4.69) is 0 Å². The van der Waals surface area contributed by atoms with Crippen molar-refractivity contribution in [2.24, 2.45) is 5.92 Å². The molecule has 1 aromatic carbocycles. The number of carboxylic acids is 1. The monoisotopic (exact) mass is 517 g/mol. The minimum absolute atomic E-state index is 0.0111. The molecule has 2 aliphatic heterocycles. The van der Waals surface area contributed by atoms with E-state index in [-0.39, 0.29) is 37.5 Å². The summed E-state index contributed by atoms with van der Waals surface area (Å²) in [5.74, 6) is -1.49. The number of hydrogen-bond donors (Lipinski definition) is 3. The first-order valence-corrected chi connectivity index (χ1v) is 12.7. The molecule has 0 spiro atoms. The molecule has 2 aromatic rings. The fourth-order valence-electron chi connectivity index (χ4n) is 5.19. The van der Waals surface area contributed by atoms with Crippen LogP contribution in [-0.4, -0.2) is 80.8 Å². The van der Waals surface area contributed by atoms with E-state index in [1.165, 1.54) is 21.8 Å². The molecule has 0 bridgehead atoms. The van der Waals surface area contributed by atoms with E-state index in [0.717, 1.165) is 18.4 Å². The van der Waals surface area contributed by atoms with Gasteiger partial charge in [0.2, 0.25) is 6.79 Å². The Bertz CT molecular complexity index is 1080. The lowest BCUT2D eigenvalue weighted by atomic mass is 9.84. The van der Waals surface area contributed by atoms with Crippen molar-refractivity contribution in [3.05, 3.63) is 35.9 Å². The van der Waals surface area contributed by atoms with Crippen molar-refractivity contribution in [3.63, 3.8) is 0 Å². The average Bonchev–Trinajstić information content (AvgIpc) is 3.57. The van der Waals surface area contributed by atoms with Crippen molar-refractivity contribution >= 4 is 11.9 Å². The quantitative estimate of drug-likeness (QED) is 0.363. The second-order valence-corrected chi connectivity index (χ2v) is 9.40. The van der Waals surface area contributed by atoms with Gasteiger partial charge in [0.1, 0.15) is 0 Å². The molecule has 3 heterocycles. The Hall–Kier alpha value is -3.44. The van der Waals surface area contributed by atoms with Crippen molar-refractivity contribution in [3.8, 4) is 23.3 Å². The Kier molecular flexibility index (Phi) is 8.45. The maximum absolute atomic E-state index is 13.2. The highest BCUT2D eigenvalue weighted by molar-refractivity contribution is 5.78. The SMILES string of the molecule is CCCON(CCC)C(=O)CN1C[C@H](c2ccc3c(c2)OCO3)[C@@H](C(=O)O)[C@@H]1CCn1c(O)ccc1O. The highest BCUT2D eigenvalue weighted by Crippen LogP contribution is 2.43. The van der Waals surface area contributed by atoms with Gasteiger partial charge in [-0.3, -0.25) is 23.9 Å². The predicted octanol–water partition coefficient (Wildman–Crippen LogP) is 2.77. The van der Waals surface area contributed by atoms with Crippen LogP contribution in [0.3, 0.4) is 0 Å². The van der Waals surface area contributed by atoms with Crippen LogP contribution in [0.4, 0.5) is 0 Å². The van der Waals surface area contributed by atoms with Crippen LogP contribution in [0.25, 0.3) is 0 Å². The largest absolute Gasteiger partial charge is 0.494 e. The van der Waals surface area contributed by atoms with Gasteiger partial charge in [-0.2, -0.15) is 0 Å². The summed E-state index contributed by atoms with van der Waals surface area (Å²) in [7, 11) is 0. The van der Waals surface area contributed by atoms with Crippen LogP contribution in [0.15, 0.2) is 30.3 Å². The third kappa shape index (κ3) is 5.78. The van der Waals surface area contributed by atoms with E-state index in [1.807, 2.05) is 30.9 Å². The number of benzene rings is 1. The second kappa shape index (κ2) is 11.7. The average molecular weight is 518 g/mol. The van der Waals surface area contributed by atoms with E-state index < -0.39 is 23.8 Å². The minimum atomic E-state index is -0.976. The van der Waals surface area contributed by atoms with Crippen molar-refractivity contribution in [2.45, 2.75) is 51.6 Å². The zero-order valence-electron chi connectivity index (χ0n) is 21.2. The molecule has 11 heteroatoms. The first kappa shape index (κ1) is 26.6. The van der Waals surface area contributed by atoms with Gasteiger partial charge in [-0.15, -0.1) is 0 Å². The van der Waals surface area contributed by atoms with Crippen LogP contribution in [-0.2, 0) is 21.0 Å². The number of hydroxylamine groups is 2. The number of aromatic hydroxyl groups is 2. The summed E-state index contributed by atoms with van der Waals surface area (Å²) in [5, 5.41) is 31.9. The van der Waals surface area contributed by atoms with Crippen LogP contribution in [0.1, 0.15) is 44.6 Å². The standard InChI is InChI=1S/C26H35N3O8/c1-3-10-29(37-12-4-2)24(32)15-27-14-18(17-5-6-20-21(13-17)36-16-35-20)25(26(33)34)19(27)9-11-28-22(30)7-8-23(28)31/h5-8,13,18-19,25,30-31H,3-4,9-12,14-16H2,1-2H3,(H,33,34)/t18-,19+,25-/m1/s1. The van der Waals surface area contributed by atoms with Crippen LogP contribution in [0.2, 0.25) is 0 Å². The molecule has 0 radical (unpaired) electrons. The molecule has 202 valence electrons. The molecule has 0 aliphatic carbocycles. The number of carbonyl (C=O) groups is 2. The Labute approximate surface area is 215 Å². The first-order chi connectivity index (χ1) is 17.8. The molecule has 1 fully saturated rings. The summed E-state index contributed by atoms with van der Waals surface area (Å²) in [5.41, 5.74) is 0.788. The van der Waals surface area contributed by atoms with E-state index >= 15 is 0 Å². The Balaban J connectivity index is 1.61. The number of rotatable bonds is 12. The number of carbonyl (C=O) groups excluding carboxylic acids is 1. The molecular weight excluding hydrogens is 482 g/mol. The molecular formula is C26H35N3O8.